The third kappa shape index (κ3) is 6.28. The van der Waals surface area contributed by atoms with Crippen LogP contribution in [0.2, 0.25) is 0 Å². The van der Waals surface area contributed by atoms with Crippen molar-refractivity contribution in [1.29, 1.82) is 0 Å². The largest absolute Gasteiger partial charge is 0.464 e. The van der Waals surface area contributed by atoms with Crippen LogP contribution >= 0.6 is 15.9 Å². The molecule has 0 N–H and O–H groups in total. The maximum atomic E-state index is 11.7. The number of imidazole rings is 2. The van der Waals surface area contributed by atoms with E-state index in [9.17, 15) is 9.59 Å². The molecule has 0 bridgehead atoms. The van der Waals surface area contributed by atoms with Gasteiger partial charge < -0.3 is 18.6 Å². The third-order valence-electron chi connectivity index (χ3n) is 6.18. The molecule has 0 radical (unpaired) electrons. The fourth-order valence-electron chi connectivity index (χ4n) is 4.12. The minimum atomic E-state index is -0.387. The monoisotopic (exact) mass is 578 g/mol. The summed E-state index contributed by atoms with van der Waals surface area (Å²) < 4.78 is 14.1. The van der Waals surface area contributed by atoms with Crippen LogP contribution in [0.15, 0.2) is 84.6 Å². The van der Waals surface area contributed by atoms with E-state index in [1.807, 2.05) is 73.9 Å². The molecule has 0 spiro atoms. The summed E-state index contributed by atoms with van der Waals surface area (Å²) in [5.41, 5.74) is 5.15. The fraction of sp³-hybridized carbons (Fsp3) is 0.241. The quantitative estimate of drug-likeness (QED) is 0.237. The molecule has 2 atom stereocenters. The van der Waals surface area contributed by atoms with Crippen molar-refractivity contribution in [2.24, 2.45) is 0 Å². The summed E-state index contributed by atoms with van der Waals surface area (Å²) in [5, 5.41) is 0. The summed E-state index contributed by atoms with van der Waals surface area (Å²) in [6.07, 6.45) is 6.31. The first-order valence-electron chi connectivity index (χ1n) is 11.9. The number of aromatic nitrogens is 4. The first-order valence-corrected chi connectivity index (χ1v) is 12.7. The van der Waals surface area contributed by atoms with Crippen LogP contribution in [0.3, 0.4) is 0 Å². The van der Waals surface area contributed by atoms with Gasteiger partial charge >= 0.3 is 11.9 Å². The van der Waals surface area contributed by atoms with Gasteiger partial charge in [0.15, 0.2) is 0 Å². The lowest BCUT2D eigenvalue weighted by atomic mass is 9.97. The van der Waals surface area contributed by atoms with Gasteiger partial charge in [0.25, 0.3) is 0 Å². The Morgan fingerprint density at radius 1 is 0.816 bits per heavy atom. The highest BCUT2D eigenvalue weighted by Gasteiger charge is 2.20. The third-order valence-corrected chi connectivity index (χ3v) is 6.90. The zero-order chi connectivity index (χ0) is 27.8. The summed E-state index contributed by atoms with van der Waals surface area (Å²) in [4.78, 5) is 31.4. The Bertz CT molecular complexity index is 1430. The lowest BCUT2D eigenvalue weighted by Crippen LogP contribution is -2.15. The van der Waals surface area contributed by atoms with Crippen molar-refractivity contribution in [2.75, 3.05) is 14.2 Å². The molecule has 8 nitrogen and oxygen atoms in total. The Kier molecular flexibility index (Phi) is 9.78. The fourth-order valence-corrected chi connectivity index (χ4v) is 4.73. The van der Waals surface area contributed by atoms with Crippen molar-refractivity contribution >= 4 is 33.4 Å². The number of ether oxygens (including phenoxy) is 2. The number of hydrogen-bond acceptors (Lipinski definition) is 6. The van der Waals surface area contributed by atoms with E-state index in [-0.39, 0.29) is 24.0 Å². The van der Waals surface area contributed by atoms with Crippen molar-refractivity contribution in [2.45, 2.75) is 32.9 Å². The highest BCUT2D eigenvalue weighted by atomic mass is 79.9. The Balaban J connectivity index is 0.000000212. The van der Waals surface area contributed by atoms with Crippen LogP contribution in [0.1, 0.15) is 70.5 Å². The minimum Gasteiger partial charge on any atom is -0.464 e. The van der Waals surface area contributed by atoms with Crippen LogP contribution in [0, 0.1) is 0 Å². The first-order chi connectivity index (χ1) is 18.2. The molecule has 0 aliphatic carbocycles. The molecule has 0 saturated heterocycles. The van der Waals surface area contributed by atoms with Gasteiger partial charge in [-0.2, -0.15) is 0 Å². The van der Waals surface area contributed by atoms with Crippen LogP contribution in [0.25, 0.3) is 5.57 Å². The number of allylic oxidation sites excluding steroid dienone is 1. The molecule has 38 heavy (non-hydrogen) atoms. The molecule has 0 fully saturated rings. The van der Waals surface area contributed by atoms with Crippen LogP contribution in [-0.2, 0) is 9.47 Å². The molecule has 198 valence electrons. The Hall–Kier alpha value is -3.98. The molecule has 4 aromatic rings. The van der Waals surface area contributed by atoms with Crippen LogP contribution in [0.5, 0.6) is 0 Å². The van der Waals surface area contributed by atoms with Gasteiger partial charge in [-0.05, 0) is 43.5 Å². The van der Waals surface area contributed by atoms with E-state index in [0.717, 1.165) is 26.7 Å². The second kappa shape index (κ2) is 13.0. The Morgan fingerprint density at radius 2 is 1.26 bits per heavy atom. The van der Waals surface area contributed by atoms with Gasteiger partial charge in [0.2, 0.25) is 0 Å². The van der Waals surface area contributed by atoms with Crippen molar-refractivity contribution in [3.8, 4) is 0 Å². The van der Waals surface area contributed by atoms with E-state index in [1.165, 1.54) is 26.6 Å². The van der Waals surface area contributed by atoms with Gasteiger partial charge in [-0.1, -0.05) is 70.5 Å². The molecule has 0 amide bonds. The summed E-state index contributed by atoms with van der Waals surface area (Å²) in [6, 6.07) is 15.9. The lowest BCUT2D eigenvalue weighted by Gasteiger charge is -2.19. The zero-order valence-corrected chi connectivity index (χ0v) is 23.7. The van der Waals surface area contributed by atoms with E-state index >= 15 is 0 Å². The second-order valence-corrected chi connectivity index (χ2v) is 9.45. The van der Waals surface area contributed by atoms with Crippen molar-refractivity contribution in [3.63, 3.8) is 0 Å². The van der Waals surface area contributed by atoms with E-state index in [1.54, 1.807) is 17.2 Å². The number of hydrogen-bond donors (Lipinski definition) is 0. The normalized spacial score (nSPS) is 12.1. The Morgan fingerprint density at radius 3 is 1.74 bits per heavy atom. The SMILES string of the molecule is C=C(C)c1ccccc1[C@H](C)n1cncc1C(=O)OC.COC(=O)c1cncn1[C@@H](C)c1ccccc1Br. The van der Waals surface area contributed by atoms with Gasteiger partial charge in [0, 0.05) is 4.47 Å². The maximum absolute atomic E-state index is 11.7. The molecule has 2 aromatic heterocycles. The number of benzene rings is 2. The molecule has 2 aromatic carbocycles. The topological polar surface area (TPSA) is 88.2 Å². The lowest BCUT2D eigenvalue weighted by molar-refractivity contribution is 0.0578. The molecule has 4 rings (SSSR count). The minimum absolute atomic E-state index is 0.00262. The molecule has 0 aliphatic rings. The molecule has 0 aliphatic heterocycles. The summed E-state index contributed by atoms with van der Waals surface area (Å²) in [7, 11) is 2.73. The van der Waals surface area contributed by atoms with Crippen molar-refractivity contribution in [3.05, 3.63) is 113 Å². The number of carbonyl (C=O) groups is 2. The van der Waals surface area contributed by atoms with Crippen LogP contribution in [0.4, 0.5) is 0 Å². The van der Waals surface area contributed by atoms with E-state index < -0.39 is 0 Å². The van der Waals surface area contributed by atoms with Gasteiger partial charge in [-0.25, -0.2) is 19.6 Å². The highest BCUT2D eigenvalue weighted by molar-refractivity contribution is 9.10. The molecule has 0 saturated carbocycles. The number of rotatable bonds is 7. The Labute approximate surface area is 231 Å². The van der Waals surface area contributed by atoms with E-state index in [0.29, 0.717) is 11.4 Å². The predicted molar refractivity (Wildman–Crippen MR) is 150 cm³/mol. The highest BCUT2D eigenvalue weighted by Crippen LogP contribution is 2.28. The van der Waals surface area contributed by atoms with E-state index in [4.69, 9.17) is 9.47 Å². The van der Waals surface area contributed by atoms with Gasteiger partial charge in [-0.15, -0.1) is 0 Å². The van der Waals surface area contributed by atoms with Gasteiger partial charge in [-0.3, -0.25) is 0 Å². The molecule has 2 heterocycles. The zero-order valence-electron chi connectivity index (χ0n) is 22.1. The average molecular weight is 579 g/mol. The standard InChI is InChI=1S/C16H18N2O2.C13H13BrN2O2/c1-11(2)13-7-5-6-8-14(13)12(3)18-10-17-9-15(18)16(19)20-4;1-9(10-5-3-4-6-11(10)14)16-8-15-7-12(16)13(17)18-2/h5-10,12H,1H2,2-4H3;3-9H,1-2H3/t12-;9-/m00/s1. The maximum Gasteiger partial charge on any atom is 0.356 e. The summed E-state index contributed by atoms with van der Waals surface area (Å²) in [6.45, 7) is 10.0. The van der Waals surface area contributed by atoms with Crippen LogP contribution in [-0.4, -0.2) is 45.3 Å². The van der Waals surface area contributed by atoms with Gasteiger partial charge in [0.05, 0.1) is 51.4 Å². The smallest absolute Gasteiger partial charge is 0.356 e. The van der Waals surface area contributed by atoms with Crippen molar-refractivity contribution in [1.82, 2.24) is 19.1 Å². The number of carbonyl (C=O) groups excluding carboxylic acids is 2. The number of methoxy groups -OCH3 is 2. The number of nitrogens with zero attached hydrogens (tertiary/aromatic N) is 4. The second-order valence-electron chi connectivity index (χ2n) is 8.60. The first kappa shape index (κ1) is 28.6. The molecular formula is C29H31BrN4O4. The summed E-state index contributed by atoms with van der Waals surface area (Å²) in [5.74, 6) is -0.770. The number of halogens is 1. The van der Waals surface area contributed by atoms with Crippen molar-refractivity contribution < 1.29 is 19.1 Å². The van der Waals surface area contributed by atoms with E-state index in [2.05, 4.69) is 32.5 Å². The van der Waals surface area contributed by atoms with Crippen LogP contribution < -0.4 is 0 Å². The molecular weight excluding hydrogens is 548 g/mol. The molecule has 9 heteroatoms. The molecule has 0 unspecified atom stereocenters. The average Bonchev–Trinajstić information content (AvgIpc) is 3.62. The summed E-state index contributed by atoms with van der Waals surface area (Å²) >= 11 is 3.51. The predicted octanol–water partition coefficient (Wildman–Crippen LogP) is 6.35. The van der Waals surface area contributed by atoms with Gasteiger partial charge in [0.1, 0.15) is 11.4 Å². The number of esters is 2.